The van der Waals surface area contributed by atoms with E-state index in [-0.39, 0.29) is 6.01 Å². The Balaban J connectivity index is 2.05. The standard InChI is InChI=1S/C11H18N8O/c1-4-5-12-9-15-10(17-11(16-9)20-3)13-6-8-14-7-19(2)18-8/h7H,4-6H2,1-3H3,(H2,12,13,15,16,17). The summed E-state index contributed by atoms with van der Waals surface area (Å²) >= 11 is 0. The lowest BCUT2D eigenvalue weighted by Crippen LogP contribution is -2.11. The van der Waals surface area contributed by atoms with Crippen LogP contribution in [-0.4, -0.2) is 43.4 Å². The van der Waals surface area contributed by atoms with Crippen molar-refractivity contribution in [2.75, 3.05) is 24.3 Å². The van der Waals surface area contributed by atoms with E-state index in [2.05, 4.69) is 42.6 Å². The molecule has 2 heterocycles. The maximum Gasteiger partial charge on any atom is 0.322 e. The van der Waals surface area contributed by atoms with Crippen molar-refractivity contribution in [3.05, 3.63) is 12.2 Å². The number of methoxy groups -OCH3 is 1. The van der Waals surface area contributed by atoms with Crippen LogP contribution in [0.15, 0.2) is 6.33 Å². The van der Waals surface area contributed by atoms with Gasteiger partial charge >= 0.3 is 6.01 Å². The second-order valence-corrected chi connectivity index (χ2v) is 4.08. The second kappa shape index (κ2) is 6.64. The molecule has 0 saturated heterocycles. The number of ether oxygens (including phenoxy) is 1. The molecule has 20 heavy (non-hydrogen) atoms. The maximum absolute atomic E-state index is 5.05. The van der Waals surface area contributed by atoms with E-state index in [9.17, 15) is 0 Å². The van der Waals surface area contributed by atoms with Gasteiger partial charge in [0, 0.05) is 13.6 Å². The molecule has 0 unspecified atom stereocenters. The van der Waals surface area contributed by atoms with Gasteiger partial charge in [0.15, 0.2) is 5.82 Å². The second-order valence-electron chi connectivity index (χ2n) is 4.08. The van der Waals surface area contributed by atoms with Gasteiger partial charge in [-0.1, -0.05) is 6.92 Å². The molecule has 0 spiro atoms. The van der Waals surface area contributed by atoms with Crippen LogP contribution in [0.3, 0.4) is 0 Å². The lowest BCUT2D eigenvalue weighted by molar-refractivity contribution is 0.379. The first kappa shape index (κ1) is 14.0. The fourth-order valence-corrected chi connectivity index (χ4v) is 1.47. The summed E-state index contributed by atoms with van der Waals surface area (Å²) in [6, 6.07) is 0.259. The van der Waals surface area contributed by atoms with E-state index in [1.54, 1.807) is 11.0 Å². The highest BCUT2D eigenvalue weighted by molar-refractivity contribution is 5.35. The Morgan fingerprint density at radius 3 is 2.55 bits per heavy atom. The number of nitrogens with one attached hydrogen (secondary N) is 2. The zero-order valence-corrected chi connectivity index (χ0v) is 11.8. The van der Waals surface area contributed by atoms with Gasteiger partial charge in [0.05, 0.1) is 13.7 Å². The molecule has 0 aliphatic carbocycles. The van der Waals surface area contributed by atoms with Crippen molar-refractivity contribution in [2.45, 2.75) is 19.9 Å². The Kier molecular flexibility index (Phi) is 4.64. The molecule has 2 aromatic heterocycles. The van der Waals surface area contributed by atoms with E-state index in [1.807, 2.05) is 7.05 Å². The first-order valence-corrected chi connectivity index (χ1v) is 6.33. The predicted molar refractivity (Wildman–Crippen MR) is 73.5 cm³/mol. The lowest BCUT2D eigenvalue weighted by atomic mass is 10.5. The Hall–Kier alpha value is -2.45. The van der Waals surface area contributed by atoms with Crippen LogP contribution in [-0.2, 0) is 13.6 Å². The maximum atomic E-state index is 5.05. The molecule has 0 aliphatic rings. The lowest BCUT2D eigenvalue weighted by Gasteiger charge is -2.08. The summed E-state index contributed by atoms with van der Waals surface area (Å²) in [4.78, 5) is 16.6. The average molecular weight is 278 g/mol. The van der Waals surface area contributed by atoms with Gasteiger partial charge in [-0.05, 0) is 6.42 Å². The van der Waals surface area contributed by atoms with Gasteiger partial charge in [0.1, 0.15) is 6.33 Å². The number of anilines is 2. The van der Waals surface area contributed by atoms with Gasteiger partial charge in [-0.3, -0.25) is 4.68 Å². The SMILES string of the molecule is CCCNc1nc(NCc2ncn(C)n2)nc(OC)n1. The topological polar surface area (TPSA) is 103 Å². The Bertz CT molecular complexity index is 555. The van der Waals surface area contributed by atoms with Gasteiger partial charge in [0.25, 0.3) is 0 Å². The highest BCUT2D eigenvalue weighted by Gasteiger charge is 2.07. The summed E-state index contributed by atoms with van der Waals surface area (Å²) in [5, 5.41) is 10.3. The van der Waals surface area contributed by atoms with E-state index < -0.39 is 0 Å². The third kappa shape index (κ3) is 3.77. The zero-order valence-electron chi connectivity index (χ0n) is 11.8. The van der Waals surface area contributed by atoms with Crippen LogP contribution in [0.25, 0.3) is 0 Å². The van der Waals surface area contributed by atoms with Crippen LogP contribution in [0.5, 0.6) is 6.01 Å². The molecule has 0 amide bonds. The Morgan fingerprint density at radius 2 is 1.95 bits per heavy atom. The number of hydrogen-bond donors (Lipinski definition) is 2. The van der Waals surface area contributed by atoms with Crippen molar-refractivity contribution in [3.63, 3.8) is 0 Å². The molecule has 0 aromatic carbocycles. The van der Waals surface area contributed by atoms with Crippen molar-refractivity contribution >= 4 is 11.9 Å². The Labute approximate surface area is 116 Å². The van der Waals surface area contributed by atoms with E-state index in [1.165, 1.54) is 7.11 Å². The number of aromatic nitrogens is 6. The van der Waals surface area contributed by atoms with Gasteiger partial charge in [0.2, 0.25) is 11.9 Å². The monoisotopic (exact) mass is 278 g/mol. The highest BCUT2D eigenvalue weighted by Crippen LogP contribution is 2.11. The summed E-state index contributed by atoms with van der Waals surface area (Å²) in [6.45, 7) is 3.28. The molecule has 2 aromatic rings. The molecule has 2 rings (SSSR count). The van der Waals surface area contributed by atoms with Crippen LogP contribution in [0, 0.1) is 0 Å². The minimum Gasteiger partial charge on any atom is -0.467 e. The van der Waals surface area contributed by atoms with Crippen molar-refractivity contribution in [3.8, 4) is 6.01 Å². The van der Waals surface area contributed by atoms with Crippen LogP contribution >= 0.6 is 0 Å². The minimum atomic E-state index is 0.259. The van der Waals surface area contributed by atoms with E-state index in [0.29, 0.717) is 24.3 Å². The van der Waals surface area contributed by atoms with Crippen molar-refractivity contribution in [2.24, 2.45) is 7.05 Å². The zero-order chi connectivity index (χ0) is 14.4. The summed E-state index contributed by atoms with van der Waals surface area (Å²) in [7, 11) is 3.33. The molecule has 0 atom stereocenters. The summed E-state index contributed by atoms with van der Waals surface area (Å²) in [5.74, 6) is 1.56. The normalized spacial score (nSPS) is 10.3. The van der Waals surface area contributed by atoms with Crippen LogP contribution in [0.2, 0.25) is 0 Å². The van der Waals surface area contributed by atoms with E-state index in [4.69, 9.17) is 4.74 Å². The molecule has 0 fully saturated rings. The highest BCUT2D eigenvalue weighted by atomic mass is 16.5. The average Bonchev–Trinajstić information content (AvgIpc) is 2.88. The molecule has 0 saturated carbocycles. The minimum absolute atomic E-state index is 0.259. The van der Waals surface area contributed by atoms with Crippen molar-refractivity contribution < 1.29 is 4.74 Å². The van der Waals surface area contributed by atoms with Gasteiger partial charge in [-0.15, -0.1) is 0 Å². The molecule has 0 bridgehead atoms. The number of nitrogens with zero attached hydrogens (tertiary/aromatic N) is 6. The smallest absolute Gasteiger partial charge is 0.322 e. The van der Waals surface area contributed by atoms with Crippen molar-refractivity contribution in [1.82, 2.24) is 29.7 Å². The number of aryl methyl sites for hydroxylation is 1. The number of rotatable bonds is 7. The van der Waals surface area contributed by atoms with Gasteiger partial charge < -0.3 is 15.4 Å². The first-order valence-electron chi connectivity index (χ1n) is 6.33. The van der Waals surface area contributed by atoms with Gasteiger partial charge in [-0.2, -0.15) is 20.1 Å². The van der Waals surface area contributed by atoms with E-state index in [0.717, 1.165) is 13.0 Å². The predicted octanol–water partition coefficient (Wildman–Crippen LogP) is 0.443. The van der Waals surface area contributed by atoms with Gasteiger partial charge in [-0.25, -0.2) is 4.98 Å². The molecule has 9 heteroatoms. The first-order chi connectivity index (χ1) is 9.71. The fourth-order valence-electron chi connectivity index (χ4n) is 1.47. The fraction of sp³-hybridized carbons (Fsp3) is 0.545. The van der Waals surface area contributed by atoms with Crippen LogP contribution in [0.4, 0.5) is 11.9 Å². The number of hydrogen-bond acceptors (Lipinski definition) is 8. The quantitative estimate of drug-likeness (QED) is 0.752. The van der Waals surface area contributed by atoms with Crippen molar-refractivity contribution in [1.29, 1.82) is 0 Å². The third-order valence-corrected chi connectivity index (χ3v) is 2.38. The molecule has 2 N–H and O–H groups in total. The summed E-state index contributed by atoms with van der Waals surface area (Å²) < 4.78 is 6.69. The molecular weight excluding hydrogens is 260 g/mol. The van der Waals surface area contributed by atoms with E-state index >= 15 is 0 Å². The molecule has 0 radical (unpaired) electrons. The molecule has 9 nitrogen and oxygen atoms in total. The summed E-state index contributed by atoms with van der Waals surface area (Å²) in [5.41, 5.74) is 0. The largest absolute Gasteiger partial charge is 0.467 e. The van der Waals surface area contributed by atoms with Crippen LogP contribution < -0.4 is 15.4 Å². The molecule has 108 valence electrons. The Morgan fingerprint density at radius 1 is 1.20 bits per heavy atom. The summed E-state index contributed by atoms with van der Waals surface area (Å²) in [6.07, 6.45) is 2.62. The van der Waals surface area contributed by atoms with Crippen LogP contribution in [0.1, 0.15) is 19.2 Å². The molecular formula is C11H18N8O. The molecule has 0 aliphatic heterocycles. The third-order valence-electron chi connectivity index (χ3n) is 2.38.